The fourth-order valence-corrected chi connectivity index (χ4v) is 3.87. The molecule has 0 amide bonds. The van der Waals surface area contributed by atoms with E-state index in [1.807, 2.05) is 49.4 Å². The molecule has 0 saturated carbocycles. The van der Waals surface area contributed by atoms with E-state index in [9.17, 15) is 13.6 Å². The summed E-state index contributed by atoms with van der Waals surface area (Å²) in [5.74, 6) is -1.61. The van der Waals surface area contributed by atoms with E-state index in [1.54, 1.807) is 6.07 Å². The van der Waals surface area contributed by atoms with Crippen molar-refractivity contribution >= 4 is 22.3 Å². The number of hydrogen-bond donors (Lipinski definition) is 0. The summed E-state index contributed by atoms with van der Waals surface area (Å²) in [5.41, 5.74) is 3.55. The maximum absolute atomic E-state index is 13.8. The SMILES string of the molecule is C=C1C=C(C)c2ccc3oc(C(=O)c4ccc(F)c(F)c4)c(-c4ccccc4)c3c2O1. The molecular weight excluding hydrogens is 398 g/mol. The van der Waals surface area contributed by atoms with Crippen molar-refractivity contribution in [2.45, 2.75) is 6.92 Å². The number of hydrogen-bond acceptors (Lipinski definition) is 3. The Morgan fingerprint density at radius 3 is 2.48 bits per heavy atom. The Kier molecular flexibility index (Phi) is 4.33. The smallest absolute Gasteiger partial charge is 0.228 e. The minimum Gasteiger partial charge on any atom is -0.457 e. The minimum atomic E-state index is -1.10. The molecule has 0 aliphatic carbocycles. The predicted molar refractivity (Wildman–Crippen MR) is 115 cm³/mol. The quantitative estimate of drug-likeness (QED) is 0.342. The summed E-state index contributed by atoms with van der Waals surface area (Å²) >= 11 is 0. The third-order valence-corrected chi connectivity index (χ3v) is 5.29. The van der Waals surface area contributed by atoms with E-state index in [0.717, 1.165) is 28.8 Å². The molecule has 1 aliphatic rings. The lowest BCUT2D eigenvalue weighted by atomic mass is 9.94. The number of allylic oxidation sites excluding steroid dienone is 2. The third-order valence-electron chi connectivity index (χ3n) is 5.29. The van der Waals surface area contributed by atoms with Crippen molar-refractivity contribution in [2.75, 3.05) is 0 Å². The van der Waals surface area contributed by atoms with Crippen molar-refractivity contribution in [3.63, 3.8) is 0 Å². The second kappa shape index (κ2) is 7.06. The highest BCUT2D eigenvalue weighted by molar-refractivity contribution is 6.17. The van der Waals surface area contributed by atoms with Crippen molar-refractivity contribution < 1.29 is 22.7 Å². The van der Waals surface area contributed by atoms with Crippen LogP contribution >= 0.6 is 0 Å². The first-order valence-electron chi connectivity index (χ1n) is 9.64. The molecule has 4 aromatic rings. The number of carbonyl (C=O) groups is 1. The highest BCUT2D eigenvalue weighted by Gasteiger charge is 2.28. The molecule has 0 fully saturated rings. The number of fused-ring (bicyclic) bond motifs is 3. The molecule has 0 N–H and O–H groups in total. The summed E-state index contributed by atoms with van der Waals surface area (Å²) in [7, 11) is 0. The molecule has 31 heavy (non-hydrogen) atoms. The van der Waals surface area contributed by atoms with Crippen molar-refractivity contribution in [2.24, 2.45) is 0 Å². The predicted octanol–water partition coefficient (Wildman–Crippen LogP) is 6.92. The van der Waals surface area contributed by atoms with E-state index >= 15 is 0 Å². The van der Waals surface area contributed by atoms with Gasteiger partial charge < -0.3 is 9.15 Å². The summed E-state index contributed by atoms with van der Waals surface area (Å²) in [6, 6.07) is 15.9. The zero-order valence-corrected chi connectivity index (χ0v) is 16.5. The summed E-state index contributed by atoms with van der Waals surface area (Å²) in [6.07, 6.45) is 1.84. The van der Waals surface area contributed by atoms with Crippen LogP contribution in [0, 0.1) is 11.6 Å². The first kappa shape index (κ1) is 19.0. The maximum Gasteiger partial charge on any atom is 0.228 e. The van der Waals surface area contributed by atoms with Crippen LogP contribution in [0.25, 0.3) is 27.7 Å². The second-order valence-corrected chi connectivity index (χ2v) is 7.34. The van der Waals surface area contributed by atoms with Gasteiger partial charge in [-0.25, -0.2) is 8.78 Å². The van der Waals surface area contributed by atoms with E-state index in [2.05, 4.69) is 6.58 Å². The first-order valence-corrected chi connectivity index (χ1v) is 9.64. The van der Waals surface area contributed by atoms with E-state index in [-0.39, 0.29) is 11.3 Å². The van der Waals surface area contributed by atoms with Crippen LogP contribution in [0.2, 0.25) is 0 Å². The molecule has 2 heterocycles. The topological polar surface area (TPSA) is 39.4 Å². The molecule has 5 heteroatoms. The van der Waals surface area contributed by atoms with Crippen LogP contribution in [-0.2, 0) is 0 Å². The Hall–Kier alpha value is -3.99. The van der Waals surface area contributed by atoms with Gasteiger partial charge in [0.15, 0.2) is 17.4 Å². The molecule has 1 aromatic heterocycles. The van der Waals surface area contributed by atoms with Gasteiger partial charge in [-0.1, -0.05) is 36.9 Å². The van der Waals surface area contributed by atoms with Gasteiger partial charge in [0.1, 0.15) is 17.1 Å². The zero-order valence-electron chi connectivity index (χ0n) is 16.5. The van der Waals surface area contributed by atoms with Gasteiger partial charge in [-0.15, -0.1) is 0 Å². The lowest BCUT2D eigenvalue weighted by Crippen LogP contribution is -2.04. The molecule has 0 radical (unpaired) electrons. The van der Waals surface area contributed by atoms with Crippen LogP contribution in [0.1, 0.15) is 28.6 Å². The molecule has 0 saturated heterocycles. The summed E-state index contributed by atoms with van der Waals surface area (Å²) in [5, 5.41) is 0.628. The molecule has 3 nitrogen and oxygen atoms in total. The van der Waals surface area contributed by atoms with Crippen LogP contribution in [-0.4, -0.2) is 5.78 Å². The van der Waals surface area contributed by atoms with Crippen molar-refractivity contribution in [3.05, 3.63) is 108 Å². The zero-order chi connectivity index (χ0) is 21.7. The molecule has 3 aromatic carbocycles. The van der Waals surface area contributed by atoms with Crippen LogP contribution in [0.3, 0.4) is 0 Å². The Morgan fingerprint density at radius 2 is 1.74 bits per heavy atom. The Balaban J connectivity index is 1.82. The number of halogens is 2. The highest BCUT2D eigenvalue weighted by atomic mass is 19.2. The van der Waals surface area contributed by atoms with Gasteiger partial charge in [0.25, 0.3) is 0 Å². The fraction of sp³-hybridized carbons (Fsp3) is 0.0385. The highest BCUT2D eigenvalue weighted by Crippen LogP contribution is 2.46. The summed E-state index contributed by atoms with van der Waals surface area (Å²) in [6.45, 7) is 5.86. The van der Waals surface area contributed by atoms with Gasteiger partial charge >= 0.3 is 0 Å². The van der Waals surface area contributed by atoms with Crippen LogP contribution in [0.4, 0.5) is 8.78 Å². The average molecular weight is 414 g/mol. The molecule has 152 valence electrons. The molecule has 1 aliphatic heterocycles. The van der Waals surface area contributed by atoms with Gasteiger partial charge in [0, 0.05) is 16.7 Å². The average Bonchev–Trinajstić information content (AvgIpc) is 3.16. The standard InChI is InChI=1S/C26H16F2O3/c1-14-12-15(2)30-25-18(14)9-11-21-23(25)22(16-6-4-3-5-7-16)26(31-21)24(29)17-8-10-19(27)20(28)13-17/h3-13H,2H2,1H3. The van der Waals surface area contributed by atoms with E-state index in [4.69, 9.17) is 9.15 Å². The van der Waals surface area contributed by atoms with E-state index < -0.39 is 17.4 Å². The van der Waals surface area contributed by atoms with Gasteiger partial charge in [0.05, 0.1) is 5.39 Å². The molecule has 0 unspecified atom stereocenters. The van der Waals surface area contributed by atoms with Crippen molar-refractivity contribution in [3.8, 4) is 16.9 Å². The number of furan rings is 1. The monoisotopic (exact) mass is 414 g/mol. The van der Waals surface area contributed by atoms with E-state index in [1.165, 1.54) is 6.07 Å². The largest absolute Gasteiger partial charge is 0.457 e. The Morgan fingerprint density at radius 1 is 0.968 bits per heavy atom. The maximum atomic E-state index is 13.8. The molecule has 5 rings (SSSR count). The molecular formula is C26H16F2O3. The lowest BCUT2D eigenvalue weighted by molar-refractivity contribution is 0.101. The van der Waals surface area contributed by atoms with Crippen molar-refractivity contribution in [1.82, 2.24) is 0 Å². The van der Waals surface area contributed by atoms with E-state index in [0.29, 0.717) is 28.0 Å². The van der Waals surface area contributed by atoms with Gasteiger partial charge in [-0.2, -0.15) is 0 Å². The minimum absolute atomic E-state index is 0.00888. The summed E-state index contributed by atoms with van der Waals surface area (Å²) in [4.78, 5) is 13.3. The fourth-order valence-electron chi connectivity index (χ4n) is 3.87. The summed E-state index contributed by atoms with van der Waals surface area (Å²) < 4.78 is 39.1. The second-order valence-electron chi connectivity index (χ2n) is 7.34. The van der Waals surface area contributed by atoms with Gasteiger partial charge in [0.2, 0.25) is 5.78 Å². The number of rotatable bonds is 3. The van der Waals surface area contributed by atoms with Crippen LogP contribution in [0.15, 0.2) is 83.5 Å². The molecule has 0 bridgehead atoms. The van der Waals surface area contributed by atoms with Gasteiger partial charge in [-0.3, -0.25) is 4.79 Å². The lowest BCUT2D eigenvalue weighted by Gasteiger charge is -2.18. The van der Waals surface area contributed by atoms with Crippen molar-refractivity contribution in [1.29, 1.82) is 0 Å². The number of benzene rings is 3. The van der Waals surface area contributed by atoms with Crippen LogP contribution < -0.4 is 4.74 Å². The Bertz CT molecular complexity index is 1410. The van der Waals surface area contributed by atoms with Crippen LogP contribution in [0.5, 0.6) is 5.75 Å². The number of ketones is 1. The normalized spacial score (nSPS) is 13.0. The Labute approximate surface area is 176 Å². The third kappa shape index (κ3) is 3.06. The first-order chi connectivity index (χ1) is 14.9. The van der Waals surface area contributed by atoms with Gasteiger partial charge in [-0.05, 0) is 54.5 Å². The molecule has 0 atom stereocenters. The molecule has 0 spiro atoms. The number of carbonyl (C=O) groups excluding carboxylic acids is 1. The number of ether oxygens (including phenoxy) is 1.